The van der Waals surface area contributed by atoms with Gasteiger partial charge in [0.15, 0.2) is 5.69 Å². The molecule has 0 amide bonds. The van der Waals surface area contributed by atoms with Crippen molar-refractivity contribution in [2.45, 2.75) is 6.92 Å². The fourth-order valence-electron chi connectivity index (χ4n) is 1.48. The maximum absolute atomic E-state index is 11.6. The second-order valence-electron chi connectivity index (χ2n) is 3.10. The number of carbonyl (C=O) groups is 1. The minimum absolute atomic E-state index is 0.365. The van der Waals surface area contributed by atoms with Crippen LogP contribution in [0.15, 0.2) is 36.5 Å². The van der Waals surface area contributed by atoms with Crippen LogP contribution in [-0.2, 0) is 4.74 Å². The molecule has 1 heterocycles. The summed E-state index contributed by atoms with van der Waals surface area (Å²) in [5.41, 5.74) is 0.384. The first-order valence-corrected chi connectivity index (χ1v) is 4.84. The molecule has 1 aromatic carbocycles. The van der Waals surface area contributed by atoms with Gasteiger partial charge in [0.1, 0.15) is 0 Å². The smallest absolute Gasteiger partial charge is 0.357 e. The van der Waals surface area contributed by atoms with Crippen LogP contribution >= 0.6 is 0 Å². The number of rotatable bonds is 2. The zero-order chi connectivity index (χ0) is 10.7. The Balaban J connectivity index is 2.56. The number of hydrogen-bond acceptors (Lipinski definition) is 3. The lowest BCUT2D eigenvalue weighted by atomic mass is 10.1. The molecule has 0 fully saturated rings. The SMILES string of the molecule is CCOC(=O)c1nccc2ccccc12. The van der Waals surface area contributed by atoms with Crippen molar-refractivity contribution < 1.29 is 9.53 Å². The highest BCUT2D eigenvalue weighted by atomic mass is 16.5. The minimum Gasteiger partial charge on any atom is -0.461 e. The first-order valence-electron chi connectivity index (χ1n) is 4.84. The van der Waals surface area contributed by atoms with Crippen molar-refractivity contribution >= 4 is 16.7 Å². The maximum atomic E-state index is 11.6. The van der Waals surface area contributed by atoms with Crippen molar-refractivity contribution in [1.29, 1.82) is 0 Å². The van der Waals surface area contributed by atoms with E-state index in [0.29, 0.717) is 12.3 Å². The third kappa shape index (κ3) is 1.81. The summed E-state index contributed by atoms with van der Waals surface area (Å²) in [6, 6.07) is 9.50. The summed E-state index contributed by atoms with van der Waals surface area (Å²) in [6.07, 6.45) is 1.62. The van der Waals surface area contributed by atoms with Crippen LogP contribution in [0.4, 0.5) is 0 Å². The van der Waals surface area contributed by atoms with Gasteiger partial charge in [-0.25, -0.2) is 9.78 Å². The normalized spacial score (nSPS) is 10.2. The molecule has 0 saturated heterocycles. The molecule has 0 aliphatic rings. The molecule has 0 spiro atoms. The third-order valence-electron chi connectivity index (χ3n) is 2.14. The van der Waals surface area contributed by atoms with Crippen LogP contribution in [0, 0.1) is 0 Å². The van der Waals surface area contributed by atoms with E-state index in [1.807, 2.05) is 30.3 Å². The second-order valence-corrected chi connectivity index (χ2v) is 3.10. The van der Waals surface area contributed by atoms with E-state index in [9.17, 15) is 4.79 Å². The highest BCUT2D eigenvalue weighted by molar-refractivity contribution is 6.02. The monoisotopic (exact) mass is 201 g/mol. The van der Waals surface area contributed by atoms with Gasteiger partial charge in [-0.05, 0) is 18.4 Å². The van der Waals surface area contributed by atoms with E-state index in [2.05, 4.69) is 4.98 Å². The molecule has 76 valence electrons. The molecule has 0 atom stereocenters. The standard InChI is InChI=1S/C12H11NO2/c1-2-15-12(14)11-10-6-4-3-5-9(10)7-8-13-11/h3-8H,2H2,1H3. The molecule has 3 heteroatoms. The number of ether oxygens (including phenoxy) is 1. The average molecular weight is 201 g/mol. The summed E-state index contributed by atoms with van der Waals surface area (Å²) >= 11 is 0. The molecule has 0 aliphatic carbocycles. The molecule has 1 aromatic heterocycles. The van der Waals surface area contributed by atoms with Crippen LogP contribution in [0.5, 0.6) is 0 Å². The molecule has 15 heavy (non-hydrogen) atoms. The largest absolute Gasteiger partial charge is 0.461 e. The second kappa shape index (κ2) is 4.09. The number of fused-ring (bicyclic) bond motifs is 1. The molecule has 2 aromatic rings. The first kappa shape index (κ1) is 9.65. The molecule has 0 radical (unpaired) electrons. The molecule has 0 bridgehead atoms. The van der Waals surface area contributed by atoms with Crippen LogP contribution in [-0.4, -0.2) is 17.6 Å². The highest BCUT2D eigenvalue weighted by Gasteiger charge is 2.11. The molecule has 2 rings (SSSR count). The number of aromatic nitrogens is 1. The Labute approximate surface area is 87.7 Å². The zero-order valence-electron chi connectivity index (χ0n) is 8.43. The summed E-state index contributed by atoms with van der Waals surface area (Å²) < 4.78 is 4.93. The van der Waals surface area contributed by atoms with Gasteiger partial charge < -0.3 is 4.74 Å². The Morgan fingerprint density at radius 2 is 2.13 bits per heavy atom. The number of hydrogen-bond donors (Lipinski definition) is 0. The quantitative estimate of drug-likeness (QED) is 0.700. The Morgan fingerprint density at radius 3 is 2.93 bits per heavy atom. The highest BCUT2D eigenvalue weighted by Crippen LogP contribution is 2.16. The van der Waals surface area contributed by atoms with E-state index in [4.69, 9.17) is 4.74 Å². The summed E-state index contributed by atoms with van der Waals surface area (Å²) in [4.78, 5) is 15.6. The van der Waals surface area contributed by atoms with Crippen LogP contribution in [0.1, 0.15) is 17.4 Å². The number of carbonyl (C=O) groups excluding carboxylic acids is 1. The fourth-order valence-corrected chi connectivity index (χ4v) is 1.48. The summed E-state index contributed by atoms with van der Waals surface area (Å²) in [7, 11) is 0. The van der Waals surface area contributed by atoms with Gasteiger partial charge in [-0.2, -0.15) is 0 Å². The van der Waals surface area contributed by atoms with E-state index < -0.39 is 0 Å². The lowest BCUT2D eigenvalue weighted by Crippen LogP contribution is -2.07. The molecule has 0 N–H and O–H groups in total. The van der Waals surface area contributed by atoms with E-state index >= 15 is 0 Å². The van der Waals surface area contributed by atoms with Crippen molar-refractivity contribution in [2.24, 2.45) is 0 Å². The fraction of sp³-hybridized carbons (Fsp3) is 0.167. The first-order chi connectivity index (χ1) is 7.33. The predicted octanol–water partition coefficient (Wildman–Crippen LogP) is 2.41. The third-order valence-corrected chi connectivity index (χ3v) is 2.14. The lowest BCUT2D eigenvalue weighted by Gasteiger charge is -2.04. The predicted molar refractivity (Wildman–Crippen MR) is 57.7 cm³/mol. The van der Waals surface area contributed by atoms with Gasteiger partial charge in [0.25, 0.3) is 0 Å². The summed E-state index contributed by atoms with van der Waals surface area (Å²) in [6.45, 7) is 2.15. The molecule has 0 unspecified atom stereocenters. The van der Waals surface area contributed by atoms with Crippen LogP contribution in [0.25, 0.3) is 10.8 Å². The van der Waals surface area contributed by atoms with Crippen molar-refractivity contribution in [3.05, 3.63) is 42.2 Å². The van der Waals surface area contributed by atoms with Crippen molar-refractivity contribution in [1.82, 2.24) is 4.98 Å². The minimum atomic E-state index is -0.366. The number of benzene rings is 1. The number of nitrogens with zero attached hydrogens (tertiary/aromatic N) is 1. The Kier molecular flexibility index (Phi) is 2.63. The molecular formula is C12H11NO2. The van der Waals surface area contributed by atoms with E-state index in [1.54, 1.807) is 13.1 Å². The zero-order valence-corrected chi connectivity index (χ0v) is 8.43. The van der Waals surface area contributed by atoms with Gasteiger partial charge in [-0.15, -0.1) is 0 Å². The Bertz CT molecular complexity index is 488. The van der Waals surface area contributed by atoms with Gasteiger partial charge in [0.2, 0.25) is 0 Å². The van der Waals surface area contributed by atoms with Crippen molar-refractivity contribution in [2.75, 3.05) is 6.61 Å². The summed E-state index contributed by atoms with van der Waals surface area (Å²) in [5.74, 6) is -0.366. The van der Waals surface area contributed by atoms with Gasteiger partial charge in [0.05, 0.1) is 6.61 Å². The van der Waals surface area contributed by atoms with Crippen LogP contribution in [0.3, 0.4) is 0 Å². The van der Waals surface area contributed by atoms with Gasteiger partial charge in [-0.3, -0.25) is 0 Å². The molecule has 3 nitrogen and oxygen atoms in total. The van der Waals surface area contributed by atoms with Crippen molar-refractivity contribution in [3.8, 4) is 0 Å². The lowest BCUT2D eigenvalue weighted by molar-refractivity contribution is 0.0522. The number of pyridine rings is 1. The average Bonchev–Trinajstić information content (AvgIpc) is 2.28. The van der Waals surface area contributed by atoms with Crippen LogP contribution in [0.2, 0.25) is 0 Å². The van der Waals surface area contributed by atoms with E-state index in [0.717, 1.165) is 10.8 Å². The van der Waals surface area contributed by atoms with Crippen LogP contribution < -0.4 is 0 Å². The van der Waals surface area contributed by atoms with E-state index in [1.165, 1.54) is 0 Å². The maximum Gasteiger partial charge on any atom is 0.357 e. The molecule has 0 aliphatic heterocycles. The number of esters is 1. The molecular weight excluding hydrogens is 190 g/mol. The van der Waals surface area contributed by atoms with Gasteiger partial charge in [0, 0.05) is 11.6 Å². The van der Waals surface area contributed by atoms with Gasteiger partial charge in [-0.1, -0.05) is 24.3 Å². The summed E-state index contributed by atoms with van der Waals surface area (Å²) in [5, 5.41) is 1.83. The molecule has 0 saturated carbocycles. The Hall–Kier alpha value is -1.90. The van der Waals surface area contributed by atoms with Crippen molar-refractivity contribution in [3.63, 3.8) is 0 Å². The van der Waals surface area contributed by atoms with Gasteiger partial charge >= 0.3 is 5.97 Å². The van der Waals surface area contributed by atoms with E-state index in [-0.39, 0.29) is 5.97 Å². The Morgan fingerprint density at radius 1 is 1.33 bits per heavy atom. The topological polar surface area (TPSA) is 39.2 Å².